The number of carboxylic acids is 1. The zero-order chi connectivity index (χ0) is 23.3. The number of hydrogen-bond acceptors (Lipinski definition) is 3. The number of nitrogens with zero attached hydrogens (tertiary/aromatic N) is 3. The van der Waals surface area contributed by atoms with Crippen LogP contribution in [0.5, 0.6) is 0 Å². The molecule has 1 N–H and O–H groups in total. The van der Waals surface area contributed by atoms with Gasteiger partial charge in [-0.2, -0.15) is 5.10 Å². The van der Waals surface area contributed by atoms with E-state index in [1.807, 2.05) is 36.4 Å². The van der Waals surface area contributed by atoms with E-state index in [1.54, 1.807) is 21.4 Å². The highest BCUT2D eigenvalue weighted by molar-refractivity contribution is 5.95. The second-order valence-electron chi connectivity index (χ2n) is 9.27. The summed E-state index contributed by atoms with van der Waals surface area (Å²) in [5.74, 6) is -0.171. The quantitative estimate of drug-likeness (QED) is 0.461. The van der Waals surface area contributed by atoms with Crippen molar-refractivity contribution in [2.45, 2.75) is 71.9 Å². The van der Waals surface area contributed by atoms with E-state index < -0.39 is 5.97 Å². The summed E-state index contributed by atoms with van der Waals surface area (Å²) >= 11 is 0. The highest BCUT2D eigenvalue weighted by Gasteiger charge is 2.24. The molecule has 32 heavy (non-hydrogen) atoms. The van der Waals surface area contributed by atoms with E-state index >= 15 is 0 Å². The Kier molecular flexibility index (Phi) is 7.33. The summed E-state index contributed by atoms with van der Waals surface area (Å²) in [4.78, 5) is 24.6. The molecule has 0 aliphatic rings. The van der Waals surface area contributed by atoms with Crippen LogP contribution in [-0.4, -0.2) is 25.4 Å². The summed E-state index contributed by atoms with van der Waals surface area (Å²) < 4.78 is 3.37. The van der Waals surface area contributed by atoms with Crippen molar-refractivity contribution in [3.8, 4) is 11.1 Å². The van der Waals surface area contributed by atoms with Crippen molar-refractivity contribution in [2.24, 2.45) is 0 Å². The molecule has 0 unspecified atom stereocenters. The van der Waals surface area contributed by atoms with Crippen LogP contribution < -0.4 is 5.69 Å². The first kappa shape index (κ1) is 23.5. The fourth-order valence-electron chi connectivity index (χ4n) is 3.87. The smallest absolute Gasteiger partial charge is 0.346 e. The molecule has 3 rings (SSSR count). The monoisotopic (exact) mass is 435 g/mol. The third-order valence-corrected chi connectivity index (χ3v) is 5.58. The van der Waals surface area contributed by atoms with Gasteiger partial charge in [0, 0.05) is 12.0 Å². The molecule has 0 fully saturated rings. The molecule has 0 aliphatic heterocycles. The number of aryl methyl sites for hydroxylation is 1. The average molecular weight is 436 g/mol. The van der Waals surface area contributed by atoms with Gasteiger partial charge < -0.3 is 5.11 Å². The molecule has 6 nitrogen and oxygen atoms in total. The third kappa shape index (κ3) is 5.36. The molecule has 1 aromatic heterocycles. The zero-order valence-electron chi connectivity index (χ0n) is 19.5. The Morgan fingerprint density at radius 3 is 2.31 bits per heavy atom. The van der Waals surface area contributed by atoms with E-state index in [2.05, 4.69) is 32.8 Å². The lowest BCUT2D eigenvalue weighted by atomic mass is 9.95. The van der Waals surface area contributed by atoms with Gasteiger partial charge in [0.2, 0.25) is 0 Å². The SMILES string of the molecule is CCCCCCn1nc(C(C)(C)C)n(Cc2ccc(-c3ccccc3C(=O)O)cc2)c1=O. The minimum Gasteiger partial charge on any atom is -0.478 e. The van der Waals surface area contributed by atoms with Crippen LogP contribution in [-0.2, 0) is 18.5 Å². The highest BCUT2D eigenvalue weighted by atomic mass is 16.4. The van der Waals surface area contributed by atoms with Crippen LogP contribution in [0.3, 0.4) is 0 Å². The number of aromatic carboxylic acids is 1. The third-order valence-electron chi connectivity index (χ3n) is 5.58. The van der Waals surface area contributed by atoms with Gasteiger partial charge in [0.05, 0.1) is 12.1 Å². The van der Waals surface area contributed by atoms with E-state index in [9.17, 15) is 14.7 Å². The first-order valence-corrected chi connectivity index (χ1v) is 11.3. The Bertz CT molecular complexity index is 1120. The van der Waals surface area contributed by atoms with Crippen LogP contribution in [0, 0.1) is 0 Å². The molecule has 0 amide bonds. The molecule has 6 heteroatoms. The number of benzene rings is 2. The molecule has 3 aromatic rings. The first-order chi connectivity index (χ1) is 15.2. The van der Waals surface area contributed by atoms with Crippen LogP contribution in [0.4, 0.5) is 0 Å². The number of hydrogen-bond donors (Lipinski definition) is 1. The fourth-order valence-corrected chi connectivity index (χ4v) is 3.87. The number of carbonyl (C=O) groups is 1. The van der Waals surface area contributed by atoms with Crippen molar-refractivity contribution in [1.29, 1.82) is 0 Å². The number of carboxylic acid groups (broad SMARTS) is 1. The van der Waals surface area contributed by atoms with Crippen LogP contribution in [0.2, 0.25) is 0 Å². The molecule has 0 saturated carbocycles. The Balaban J connectivity index is 1.88. The molecule has 0 bridgehead atoms. The van der Waals surface area contributed by atoms with E-state index in [1.165, 1.54) is 6.42 Å². The second kappa shape index (κ2) is 9.98. The van der Waals surface area contributed by atoms with Gasteiger partial charge in [-0.05, 0) is 29.2 Å². The molecule has 0 radical (unpaired) electrons. The highest BCUT2D eigenvalue weighted by Crippen LogP contribution is 2.25. The fraction of sp³-hybridized carbons (Fsp3) is 0.423. The number of aromatic nitrogens is 3. The zero-order valence-corrected chi connectivity index (χ0v) is 19.5. The van der Waals surface area contributed by atoms with Gasteiger partial charge >= 0.3 is 11.7 Å². The van der Waals surface area contributed by atoms with Crippen molar-refractivity contribution in [3.63, 3.8) is 0 Å². The van der Waals surface area contributed by atoms with Crippen molar-refractivity contribution < 1.29 is 9.90 Å². The Hall–Kier alpha value is -3.15. The van der Waals surface area contributed by atoms with Crippen molar-refractivity contribution in [3.05, 3.63) is 76.0 Å². The maximum atomic E-state index is 13.1. The van der Waals surface area contributed by atoms with Gasteiger partial charge in [-0.25, -0.2) is 14.3 Å². The maximum Gasteiger partial charge on any atom is 0.346 e. The van der Waals surface area contributed by atoms with E-state index in [0.717, 1.165) is 36.2 Å². The molecule has 2 aromatic carbocycles. The molecular formula is C26H33N3O3. The van der Waals surface area contributed by atoms with Gasteiger partial charge in [0.1, 0.15) is 5.82 Å². The number of rotatable bonds is 9. The van der Waals surface area contributed by atoms with E-state index in [0.29, 0.717) is 18.7 Å². The topological polar surface area (TPSA) is 77.1 Å². The Morgan fingerprint density at radius 1 is 1.00 bits per heavy atom. The molecule has 0 spiro atoms. The number of unbranched alkanes of at least 4 members (excludes halogenated alkanes) is 3. The normalized spacial score (nSPS) is 11.6. The Morgan fingerprint density at radius 2 is 1.69 bits per heavy atom. The van der Waals surface area contributed by atoms with Gasteiger partial charge in [0.25, 0.3) is 0 Å². The standard InChI is InChI=1S/C26H33N3O3/c1-5-6-7-10-17-29-25(32)28(24(27-29)26(2,3)4)18-19-13-15-20(16-14-19)21-11-8-9-12-22(21)23(30)31/h8-9,11-16H,5-7,10,17-18H2,1-4H3,(H,30,31). The molecule has 1 heterocycles. The molecule has 0 atom stereocenters. The van der Waals surface area contributed by atoms with Crippen LogP contribution >= 0.6 is 0 Å². The lowest BCUT2D eigenvalue weighted by molar-refractivity contribution is 0.0697. The van der Waals surface area contributed by atoms with Crippen molar-refractivity contribution in [1.82, 2.24) is 14.3 Å². The minimum absolute atomic E-state index is 0.0771. The van der Waals surface area contributed by atoms with Gasteiger partial charge in [-0.15, -0.1) is 0 Å². The minimum atomic E-state index is -0.947. The summed E-state index contributed by atoms with van der Waals surface area (Å²) in [6.45, 7) is 9.45. The van der Waals surface area contributed by atoms with Crippen molar-refractivity contribution >= 4 is 5.97 Å². The second-order valence-corrected chi connectivity index (χ2v) is 9.27. The van der Waals surface area contributed by atoms with Gasteiger partial charge in [0.15, 0.2) is 0 Å². The summed E-state index contributed by atoms with van der Waals surface area (Å²) in [5, 5.41) is 14.1. The summed E-state index contributed by atoms with van der Waals surface area (Å²) in [6.07, 6.45) is 4.37. The van der Waals surface area contributed by atoms with Gasteiger partial charge in [-0.3, -0.25) is 4.57 Å². The largest absolute Gasteiger partial charge is 0.478 e. The molecular weight excluding hydrogens is 402 g/mol. The van der Waals surface area contributed by atoms with Crippen molar-refractivity contribution in [2.75, 3.05) is 0 Å². The van der Waals surface area contributed by atoms with E-state index in [4.69, 9.17) is 0 Å². The average Bonchev–Trinajstić information content (AvgIpc) is 3.07. The van der Waals surface area contributed by atoms with Gasteiger partial charge in [-0.1, -0.05) is 89.4 Å². The summed E-state index contributed by atoms with van der Waals surface area (Å²) in [5.41, 5.74) is 2.43. The summed E-state index contributed by atoms with van der Waals surface area (Å²) in [6, 6.07) is 14.7. The van der Waals surface area contributed by atoms with Crippen LogP contribution in [0.25, 0.3) is 11.1 Å². The molecule has 0 aliphatic carbocycles. The summed E-state index contributed by atoms with van der Waals surface area (Å²) in [7, 11) is 0. The first-order valence-electron chi connectivity index (χ1n) is 11.3. The lowest BCUT2D eigenvalue weighted by Crippen LogP contribution is -2.28. The lowest BCUT2D eigenvalue weighted by Gasteiger charge is -2.18. The van der Waals surface area contributed by atoms with Crippen LogP contribution in [0.15, 0.2) is 53.3 Å². The van der Waals surface area contributed by atoms with E-state index in [-0.39, 0.29) is 16.7 Å². The molecule has 0 saturated heterocycles. The Labute approximate surface area is 189 Å². The molecule has 170 valence electrons. The predicted molar refractivity (Wildman–Crippen MR) is 127 cm³/mol. The predicted octanol–water partition coefficient (Wildman–Crippen LogP) is 5.34. The maximum absolute atomic E-state index is 13.1. The van der Waals surface area contributed by atoms with Crippen LogP contribution in [0.1, 0.15) is 75.1 Å².